The first-order valence-corrected chi connectivity index (χ1v) is 11.2. The largest absolute Gasteiger partial charge is 0.507 e. The molecule has 4 aromatic carbocycles. The van der Waals surface area contributed by atoms with Gasteiger partial charge in [-0.15, -0.1) is 0 Å². The van der Waals surface area contributed by atoms with Gasteiger partial charge in [0.1, 0.15) is 17.2 Å². The molecule has 1 aliphatic heterocycles. The Morgan fingerprint density at radius 1 is 0.886 bits per heavy atom. The number of amides is 1. The van der Waals surface area contributed by atoms with Crippen molar-refractivity contribution in [1.29, 1.82) is 0 Å². The van der Waals surface area contributed by atoms with Crippen LogP contribution in [0.1, 0.15) is 43.0 Å². The first-order chi connectivity index (χ1) is 16.9. The number of phenolic OH excluding ortho intramolecular Hbond substituents is 2. The van der Waals surface area contributed by atoms with Crippen LogP contribution in [0.2, 0.25) is 0 Å². The Hall–Kier alpha value is -4.52. The maximum Gasteiger partial charge on any atom is 0.335 e. The molecular formula is C28H23NO6. The highest BCUT2D eigenvalue weighted by Gasteiger charge is 2.16. The van der Waals surface area contributed by atoms with Gasteiger partial charge in [-0.1, -0.05) is 30.3 Å². The Morgan fingerprint density at radius 3 is 2.40 bits per heavy atom. The van der Waals surface area contributed by atoms with Crippen LogP contribution in [0.25, 0.3) is 10.8 Å². The van der Waals surface area contributed by atoms with Gasteiger partial charge in [0.2, 0.25) is 0 Å². The Bertz CT molecular complexity index is 1460. The van der Waals surface area contributed by atoms with Crippen molar-refractivity contribution in [2.45, 2.75) is 19.4 Å². The highest BCUT2D eigenvalue weighted by atomic mass is 16.5. The Kier molecular flexibility index (Phi) is 5.74. The molecule has 4 N–H and O–H groups in total. The lowest BCUT2D eigenvalue weighted by molar-refractivity contribution is 0.0696. The van der Waals surface area contributed by atoms with E-state index in [9.17, 15) is 19.8 Å². The standard InChI is InChI=1S/C28H23NO6/c30-24-14-19-6-7-21(27(32)29-15-17-3-8-25-20(11-17)9-10-35-25)13-22(19)26(31)23(24)12-16-1-4-18(5-2-16)28(33)34/h1-8,11,13-14,30-31H,9-10,12,15H2,(H,29,32)(H,33,34). The van der Waals surface area contributed by atoms with E-state index in [4.69, 9.17) is 9.84 Å². The van der Waals surface area contributed by atoms with Crippen molar-refractivity contribution in [1.82, 2.24) is 5.32 Å². The van der Waals surface area contributed by atoms with Gasteiger partial charge in [0.15, 0.2) is 0 Å². The summed E-state index contributed by atoms with van der Waals surface area (Å²) in [4.78, 5) is 23.9. The molecule has 4 aromatic rings. The molecule has 0 aromatic heterocycles. The van der Waals surface area contributed by atoms with Gasteiger partial charge < -0.3 is 25.4 Å². The Balaban J connectivity index is 1.37. The van der Waals surface area contributed by atoms with Crippen molar-refractivity contribution in [3.63, 3.8) is 0 Å². The maximum absolute atomic E-state index is 12.8. The number of rotatable bonds is 6. The highest BCUT2D eigenvalue weighted by molar-refractivity contribution is 6.01. The predicted molar refractivity (Wildman–Crippen MR) is 130 cm³/mol. The number of carboxylic acids is 1. The van der Waals surface area contributed by atoms with Gasteiger partial charge in [-0.3, -0.25) is 4.79 Å². The quantitative estimate of drug-likeness (QED) is 0.333. The van der Waals surface area contributed by atoms with E-state index in [1.54, 1.807) is 36.4 Å². The molecule has 1 amide bonds. The van der Waals surface area contributed by atoms with Gasteiger partial charge in [-0.25, -0.2) is 4.79 Å². The minimum Gasteiger partial charge on any atom is -0.507 e. The number of aromatic hydroxyl groups is 2. The summed E-state index contributed by atoms with van der Waals surface area (Å²) < 4.78 is 5.52. The third-order valence-corrected chi connectivity index (χ3v) is 6.25. The number of phenols is 2. The van der Waals surface area contributed by atoms with Gasteiger partial charge in [-0.05, 0) is 58.5 Å². The van der Waals surface area contributed by atoms with E-state index < -0.39 is 5.97 Å². The molecule has 0 saturated heterocycles. The van der Waals surface area contributed by atoms with Crippen LogP contribution >= 0.6 is 0 Å². The second-order valence-electron chi connectivity index (χ2n) is 8.56. The lowest BCUT2D eigenvalue weighted by Crippen LogP contribution is -2.22. The lowest BCUT2D eigenvalue weighted by atomic mass is 9.96. The van der Waals surface area contributed by atoms with Gasteiger partial charge in [-0.2, -0.15) is 0 Å². The van der Waals surface area contributed by atoms with E-state index in [1.165, 1.54) is 12.1 Å². The van der Waals surface area contributed by atoms with E-state index in [0.717, 1.165) is 28.9 Å². The predicted octanol–water partition coefficient (Wildman–Crippen LogP) is 4.40. The molecule has 0 saturated carbocycles. The van der Waals surface area contributed by atoms with Crippen LogP contribution in [0.5, 0.6) is 17.2 Å². The molecule has 0 fully saturated rings. The van der Waals surface area contributed by atoms with Gasteiger partial charge in [0.25, 0.3) is 5.91 Å². The first-order valence-electron chi connectivity index (χ1n) is 11.2. The van der Waals surface area contributed by atoms with Crippen LogP contribution in [-0.2, 0) is 19.4 Å². The fraction of sp³-hybridized carbons (Fsp3) is 0.143. The van der Waals surface area contributed by atoms with Crippen LogP contribution in [0.15, 0.2) is 66.7 Å². The number of carbonyl (C=O) groups excluding carboxylic acids is 1. The number of benzene rings is 4. The number of fused-ring (bicyclic) bond motifs is 2. The summed E-state index contributed by atoms with van der Waals surface area (Å²) in [5.74, 6) is -0.599. The molecule has 0 radical (unpaired) electrons. The van der Waals surface area contributed by atoms with E-state index >= 15 is 0 Å². The molecule has 7 heteroatoms. The van der Waals surface area contributed by atoms with Crippen LogP contribution in [0.3, 0.4) is 0 Å². The van der Waals surface area contributed by atoms with Crippen LogP contribution in [-0.4, -0.2) is 33.8 Å². The average Bonchev–Trinajstić information content (AvgIpc) is 3.33. The SMILES string of the molecule is O=C(O)c1ccc(Cc2c(O)cc3ccc(C(=O)NCc4ccc5c(c4)CCO5)cc3c2O)cc1. The maximum atomic E-state index is 12.8. The number of carboxylic acid groups (broad SMARTS) is 1. The lowest BCUT2D eigenvalue weighted by Gasteiger charge is -2.13. The van der Waals surface area contributed by atoms with Gasteiger partial charge in [0.05, 0.1) is 12.2 Å². The fourth-order valence-electron chi connectivity index (χ4n) is 4.32. The molecule has 0 atom stereocenters. The molecule has 0 spiro atoms. The minimum absolute atomic E-state index is 0.0740. The van der Waals surface area contributed by atoms with Crippen LogP contribution < -0.4 is 10.1 Å². The van der Waals surface area contributed by atoms with Crippen molar-refractivity contribution in [3.8, 4) is 17.2 Å². The topological polar surface area (TPSA) is 116 Å². The van der Waals surface area contributed by atoms with E-state index in [1.807, 2.05) is 18.2 Å². The van der Waals surface area contributed by atoms with Crippen molar-refractivity contribution >= 4 is 22.6 Å². The fourth-order valence-corrected chi connectivity index (χ4v) is 4.32. The second kappa shape index (κ2) is 9.02. The molecule has 0 bridgehead atoms. The van der Waals surface area contributed by atoms with Crippen molar-refractivity contribution in [3.05, 3.63) is 100 Å². The van der Waals surface area contributed by atoms with E-state index in [2.05, 4.69) is 5.32 Å². The molecule has 176 valence electrons. The van der Waals surface area contributed by atoms with Gasteiger partial charge >= 0.3 is 5.97 Å². The second-order valence-corrected chi connectivity index (χ2v) is 8.56. The Labute approximate surface area is 201 Å². The summed E-state index contributed by atoms with van der Waals surface area (Å²) in [5, 5.41) is 34.5. The summed E-state index contributed by atoms with van der Waals surface area (Å²) in [6.45, 7) is 1.04. The highest BCUT2D eigenvalue weighted by Crippen LogP contribution is 2.37. The molecule has 0 aliphatic carbocycles. The number of hydrogen-bond acceptors (Lipinski definition) is 5. The van der Waals surface area contributed by atoms with E-state index in [-0.39, 0.29) is 29.4 Å². The average molecular weight is 469 g/mol. The molecule has 5 rings (SSSR count). The normalized spacial score (nSPS) is 12.2. The van der Waals surface area contributed by atoms with Gasteiger partial charge in [0, 0.05) is 35.9 Å². The molecule has 7 nitrogen and oxygen atoms in total. The number of hydrogen-bond donors (Lipinski definition) is 4. The minimum atomic E-state index is -1.02. The zero-order chi connectivity index (χ0) is 24.5. The third kappa shape index (κ3) is 4.48. The van der Waals surface area contributed by atoms with E-state index in [0.29, 0.717) is 35.1 Å². The monoisotopic (exact) mass is 469 g/mol. The summed E-state index contributed by atoms with van der Waals surface area (Å²) in [7, 11) is 0. The Morgan fingerprint density at radius 2 is 1.63 bits per heavy atom. The zero-order valence-corrected chi connectivity index (χ0v) is 18.7. The van der Waals surface area contributed by atoms with Crippen LogP contribution in [0.4, 0.5) is 0 Å². The van der Waals surface area contributed by atoms with Crippen molar-refractivity contribution in [2.24, 2.45) is 0 Å². The molecule has 35 heavy (non-hydrogen) atoms. The van der Waals surface area contributed by atoms with Crippen molar-refractivity contribution < 1.29 is 29.6 Å². The first kappa shape index (κ1) is 22.3. The summed E-state index contributed by atoms with van der Waals surface area (Å²) in [5.41, 5.74) is 3.70. The smallest absolute Gasteiger partial charge is 0.335 e. The molecule has 1 heterocycles. The number of aromatic carboxylic acids is 1. The number of ether oxygens (including phenoxy) is 1. The number of nitrogens with one attached hydrogen (secondary N) is 1. The summed E-state index contributed by atoms with van der Waals surface area (Å²) >= 11 is 0. The summed E-state index contributed by atoms with van der Waals surface area (Å²) in [6.07, 6.45) is 1.06. The third-order valence-electron chi connectivity index (χ3n) is 6.25. The van der Waals surface area contributed by atoms with Crippen LogP contribution in [0, 0.1) is 0 Å². The van der Waals surface area contributed by atoms with Crippen molar-refractivity contribution in [2.75, 3.05) is 6.61 Å². The zero-order valence-electron chi connectivity index (χ0n) is 18.7. The molecular weight excluding hydrogens is 446 g/mol. The molecule has 0 unspecified atom stereocenters. The summed E-state index contributed by atoms with van der Waals surface area (Å²) in [6, 6.07) is 18.6. The molecule has 1 aliphatic rings. The number of carbonyl (C=O) groups is 2.